The summed E-state index contributed by atoms with van der Waals surface area (Å²) in [6.07, 6.45) is 9.34. The summed E-state index contributed by atoms with van der Waals surface area (Å²) in [4.78, 5) is 0. The Morgan fingerprint density at radius 1 is 0.719 bits per heavy atom. The van der Waals surface area contributed by atoms with E-state index >= 15 is 0 Å². The number of benzene rings is 2. The first-order chi connectivity index (χ1) is 14.8. The fourth-order valence-corrected chi connectivity index (χ4v) is 38.2. The molecule has 171 valence electrons. The standard InChI is InChI=1S/2C13H15.C2H7Si.2ClH.Zr/c2*1-13(2,3)12-9-8-10-6-4-5-7-11(10)12;1-3-2;;;/h2*4-9,12H,1H2,2-3H3;3H,1-2H3;2*1H;/q;;;;;+2/p-2. The zero-order valence-electron chi connectivity index (χ0n) is 20.3. The molecule has 2 unspecified atom stereocenters. The summed E-state index contributed by atoms with van der Waals surface area (Å²) >= 11 is -4.07. The molecule has 0 aromatic heterocycles. The Balaban J connectivity index is 1.65. The van der Waals surface area contributed by atoms with E-state index in [1.165, 1.54) is 22.3 Å². The van der Waals surface area contributed by atoms with Crippen LogP contribution in [0.15, 0.2) is 60.7 Å². The Morgan fingerprint density at radius 3 is 1.47 bits per heavy atom. The topological polar surface area (TPSA) is 0 Å². The van der Waals surface area contributed by atoms with Gasteiger partial charge >= 0.3 is 205 Å². The molecule has 4 rings (SSSR count). The van der Waals surface area contributed by atoms with Crippen molar-refractivity contribution in [1.29, 1.82) is 0 Å². The third kappa shape index (κ3) is 4.47. The molecule has 0 radical (unpaired) electrons. The van der Waals surface area contributed by atoms with E-state index in [4.69, 9.17) is 17.0 Å². The second-order valence-electron chi connectivity index (χ2n) is 11.9. The van der Waals surface area contributed by atoms with Crippen molar-refractivity contribution in [2.24, 2.45) is 10.8 Å². The first-order valence-electron chi connectivity index (χ1n) is 12.0. The first-order valence-corrected chi connectivity index (χ1v) is 28.9. The van der Waals surface area contributed by atoms with Gasteiger partial charge in [-0.3, -0.25) is 0 Å². The number of halogens is 2. The van der Waals surface area contributed by atoms with Crippen molar-refractivity contribution in [1.82, 2.24) is 0 Å². The van der Waals surface area contributed by atoms with Gasteiger partial charge in [-0.1, -0.05) is 0 Å². The summed E-state index contributed by atoms with van der Waals surface area (Å²) in [7, 11) is 15.8. The number of fused-ring (bicyclic) bond motifs is 2. The molecule has 4 heteroatoms. The van der Waals surface area contributed by atoms with Gasteiger partial charge in [0, 0.05) is 0 Å². The van der Waals surface area contributed by atoms with Gasteiger partial charge in [-0.25, -0.2) is 0 Å². The van der Waals surface area contributed by atoms with Gasteiger partial charge in [0.25, 0.3) is 0 Å². The van der Waals surface area contributed by atoms with E-state index in [0.717, 1.165) is 8.26 Å². The Morgan fingerprint density at radius 2 is 1.09 bits per heavy atom. The van der Waals surface area contributed by atoms with Gasteiger partial charge in [0.1, 0.15) is 0 Å². The molecule has 2 atom stereocenters. The minimum absolute atomic E-state index is 0.0363. The van der Waals surface area contributed by atoms with Crippen molar-refractivity contribution in [3.05, 3.63) is 82.9 Å². The maximum atomic E-state index is 7.90. The van der Waals surface area contributed by atoms with E-state index in [0.29, 0.717) is 11.8 Å². The zero-order chi connectivity index (χ0) is 23.4. The number of hydrogen-bond donors (Lipinski definition) is 0. The maximum absolute atomic E-state index is 7.90. The number of hydrogen-bond acceptors (Lipinski definition) is 0. The first kappa shape index (κ1) is 24.7. The van der Waals surface area contributed by atoms with Crippen LogP contribution in [-0.2, 0) is 15.6 Å². The van der Waals surface area contributed by atoms with Gasteiger partial charge in [-0.2, -0.15) is 0 Å². The van der Waals surface area contributed by atoms with E-state index in [1.54, 1.807) is 0 Å². The van der Waals surface area contributed by atoms with Gasteiger partial charge in [-0.15, -0.1) is 0 Å². The normalized spacial score (nSPS) is 21.5. The van der Waals surface area contributed by atoms with Crippen molar-refractivity contribution in [2.45, 2.75) is 60.9 Å². The van der Waals surface area contributed by atoms with Gasteiger partial charge < -0.3 is 0 Å². The predicted octanol–water partition coefficient (Wildman–Crippen LogP) is 9.48. The quantitative estimate of drug-likeness (QED) is 0.294. The van der Waals surface area contributed by atoms with Gasteiger partial charge in [0.2, 0.25) is 0 Å². The zero-order valence-corrected chi connectivity index (χ0v) is 25.5. The van der Waals surface area contributed by atoms with Gasteiger partial charge in [0.15, 0.2) is 0 Å². The van der Waals surface area contributed by atoms with E-state index in [1.807, 2.05) is 0 Å². The van der Waals surface area contributed by atoms with Crippen LogP contribution in [0.1, 0.15) is 61.8 Å². The second kappa shape index (κ2) is 8.37. The molecule has 2 aliphatic rings. The molecule has 0 saturated heterocycles. The van der Waals surface area contributed by atoms with Gasteiger partial charge in [0.05, 0.1) is 0 Å². The predicted molar refractivity (Wildman–Crippen MR) is 144 cm³/mol. The van der Waals surface area contributed by atoms with Crippen LogP contribution in [0, 0.1) is 10.8 Å². The Hall–Kier alpha value is -0.400. The molecule has 0 fully saturated rings. The molecule has 0 heterocycles. The Bertz CT molecular complexity index is 1000. The molecule has 0 bridgehead atoms. The molecule has 2 aliphatic carbocycles. The molecule has 32 heavy (non-hydrogen) atoms. The van der Waals surface area contributed by atoms with Crippen LogP contribution in [0.4, 0.5) is 0 Å². The third-order valence-electron chi connectivity index (χ3n) is 8.17. The van der Waals surface area contributed by atoms with Crippen LogP contribution >= 0.6 is 17.0 Å². The summed E-state index contributed by atoms with van der Waals surface area (Å²) in [5.74, 6) is -0.518. The van der Waals surface area contributed by atoms with Crippen molar-refractivity contribution in [3.63, 3.8) is 0 Å². The molecule has 0 aliphatic heterocycles. The fraction of sp³-hybridized carbons (Fsp3) is 0.429. The van der Waals surface area contributed by atoms with E-state index in [-0.39, 0.29) is 10.8 Å². The second-order valence-corrected chi connectivity index (χ2v) is 56.6. The van der Waals surface area contributed by atoms with E-state index < -0.39 is 21.5 Å². The van der Waals surface area contributed by atoms with Crippen LogP contribution in [0.25, 0.3) is 12.2 Å². The van der Waals surface area contributed by atoms with Gasteiger partial charge in [-0.05, 0) is 0 Å². The van der Waals surface area contributed by atoms with Crippen LogP contribution in [0.3, 0.4) is 0 Å². The van der Waals surface area contributed by atoms with Crippen LogP contribution < -0.4 is 0 Å². The van der Waals surface area contributed by atoms with Crippen molar-refractivity contribution < 1.29 is 15.6 Å². The molecule has 2 aromatic carbocycles. The molecule has 0 amide bonds. The van der Waals surface area contributed by atoms with Crippen LogP contribution in [0.2, 0.25) is 21.4 Å². The molecule has 0 spiro atoms. The summed E-state index contributed by atoms with van der Waals surface area (Å²) in [5, 5.41) is 0. The molecule has 0 nitrogen and oxygen atoms in total. The third-order valence-corrected chi connectivity index (χ3v) is 58.2. The van der Waals surface area contributed by atoms with E-state index in [9.17, 15) is 0 Å². The summed E-state index contributed by atoms with van der Waals surface area (Å²) in [6, 6.07) is 17.6. The van der Waals surface area contributed by atoms with E-state index in [2.05, 4.69) is 114 Å². The Kier molecular flexibility index (Phi) is 6.46. The monoisotopic (exact) mass is 561 g/mol. The van der Waals surface area contributed by atoms with Crippen molar-refractivity contribution in [3.8, 4) is 0 Å². The minimum atomic E-state index is -4.07. The average molecular weight is 564 g/mol. The van der Waals surface area contributed by atoms with Crippen molar-refractivity contribution >= 4 is 35.1 Å². The molecule has 2 aromatic rings. The molecule has 0 saturated carbocycles. The Labute approximate surface area is 203 Å². The number of rotatable bonds is 7. The summed E-state index contributed by atoms with van der Waals surface area (Å²) in [5.41, 5.74) is 5.63. The molecule has 0 N–H and O–H groups in total. The summed E-state index contributed by atoms with van der Waals surface area (Å²) < 4.78 is 1.98. The summed E-state index contributed by atoms with van der Waals surface area (Å²) in [6.45, 7) is 14.4. The van der Waals surface area contributed by atoms with Crippen molar-refractivity contribution in [2.75, 3.05) is 0 Å². The van der Waals surface area contributed by atoms with Crippen LogP contribution in [-0.4, -0.2) is 5.92 Å². The van der Waals surface area contributed by atoms with Crippen LogP contribution in [0.5, 0.6) is 0 Å². The number of allylic oxidation sites excluding steroid dienone is 2. The fourth-order valence-electron chi connectivity index (χ4n) is 6.41. The molecular formula is C28H37Cl2SiZr. The SMILES string of the molecule is C[SiH](C)[Zr]([Cl])([Cl])([CH2]C(C)(C)C1C=Cc2ccccc21)[CH2]C(C)(C)C1C=Cc2ccccc21. The average Bonchev–Trinajstić information content (AvgIpc) is 3.31. The molecular weight excluding hydrogens is 527 g/mol.